The third-order valence-corrected chi connectivity index (χ3v) is 3.39. The lowest BCUT2D eigenvalue weighted by molar-refractivity contribution is 0.193. The fraction of sp³-hybridized carbons (Fsp3) is 0.562. The van der Waals surface area contributed by atoms with E-state index >= 15 is 0 Å². The first-order chi connectivity index (χ1) is 10.6. The van der Waals surface area contributed by atoms with Gasteiger partial charge in [0, 0.05) is 26.8 Å². The minimum absolute atomic E-state index is 0.107. The van der Waals surface area contributed by atoms with Gasteiger partial charge in [-0.05, 0) is 38.2 Å². The van der Waals surface area contributed by atoms with Crippen molar-refractivity contribution in [3.63, 3.8) is 0 Å². The maximum absolute atomic E-state index is 11.8. The van der Waals surface area contributed by atoms with Crippen LogP contribution in [0.15, 0.2) is 24.3 Å². The largest absolute Gasteiger partial charge is 0.497 e. The van der Waals surface area contributed by atoms with Gasteiger partial charge < -0.3 is 25.0 Å². The number of hydrogen-bond donors (Lipinski definition) is 2. The Morgan fingerprint density at radius 1 is 1.18 bits per heavy atom. The smallest absolute Gasteiger partial charge is 0.314 e. The summed E-state index contributed by atoms with van der Waals surface area (Å²) in [5, 5.41) is 5.72. The Kier molecular flexibility index (Phi) is 8.32. The van der Waals surface area contributed by atoms with Gasteiger partial charge in [0.2, 0.25) is 0 Å². The Hall–Kier alpha value is -1.79. The van der Waals surface area contributed by atoms with Crippen molar-refractivity contribution in [1.29, 1.82) is 0 Å². The first kappa shape index (κ1) is 18.3. The normalized spacial score (nSPS) is 12.0. The Morgan fingerprint density at radius 3 is 2.41 bits per heavy atom. The van der Waals surface area contributed by atoms with E-state index in [-0.39, 0.29) is 12.1 Å². The molecule has 1 aromatic carbocycles. The molecule has 1 atom stereocenters. The number of hydrogen-bond acceptors (Lipinski definition) is 4. The molecule has 2 amide bonds. The van der Waals surface area contributed by atoms with Crippen molar-refractivity contribution in [3.8, 4) is 5.75 Å². The molecule has 6 nitrogen and oxygen atoms in total. The average molecular weight is 309 g/mol. The van der Waals surface area contributed by atoms with Crippen LogP contribution in [0.3, 0.4) is 0 Å². The van der Waals surface area contributed by atoms with Crippen LogP contribution in [0.1, 0.15) is 18.0 Å². The molecule has 1 unspecified atom stereocenters. The highest BCUT2D eigenvalue weighted by Crippen LogP contribution is 2.20. The Bertz CT molecular complexity index is 435. The van der Waals surface area contributed by atoms with E-state index < -0.39 is 0 Å². The number of likely N-dealkylation sites (N-methyl/N-ethyl adjacent to an activating group) is 1. The quantitative estimate of drug-likeness (QED) is 0.681. The number of carbonyl (C=O) groups is 1. The van der Waals surface area contributed by atoms with Crippen LogP contribution in [0.5, 0.6) is 5.75 Å². The monoisotopic (exact) mass is 309 g/mol. The van der Waals surface area contributed by atoms with Crippen molar-refractivity contribution < 1.29 is 14.3 Å². The molecule has 0 saturated carbocycles. The van der Waals surface area contributed by atoms with Gasteiger partial charge in [-0.2, -0.15) is 0 Å². The highest BCUT2D eigenvalue weighted by molar-refractivity contribution is 5.73. The van der Waals surface area contributed by atoms with Crippen LogP contribution in [0, 0.1) is 0 Å². The zero-order valence-corrected chi connectivity index (χ0v) is 13.9. The number of nitrogens with zero attached hydrogens (tertiary/aromatic N) is 1. The average Bonchev–Trinajstić information content (AvgIpc) is 2.52. The topological polar surface area (TPSA) is 62.8 Å². The Labute approximate surface area is 132 Å². The molecule has 6 heteroatoms. The summed E-state index contributed by atoms with van der Waals surface area (Å²) in [4.78, 5) is 13.8. The molecule has 22 heavy (non-hydrogen) atoms. The number of carbonyl (C=O) groups excluding carboxylic acids is 1. The van der Waals surface area contributed by atoms with Crippen molar-refractivity contribution in [2.24, 2.45) is 0 Å². The third-order valence-electron chi connectivity index (χ3n) is 3.39. The summed E-state index contributed by atoms with van der Waals surface area (Å²) in [5.41, 5.74) is 1.13. The van der Waals surface area contributed by atoms with Crippen molar-refractivity contribution in [1.82, 2.24) is 15.5 Å². The molecule has 0 heterocycles. The number of urea groups is 1. The number of nitrogens with one attached hydrogen (secondary N) is 2. The second kappa shape index (κ2) is 10.0. The fourth-order valence-corrected chi connectivity index (χ4v) is 2.09. The van der Waals surface area contributed by atoms with Gasteiger partial charge in [0.25, 0.3) is 0 Å². The predicted octanol–water partition coefficient (Wildman–Crippen LogP) is 1.63. The molecule has 0 fully saturated rings. The number of amides is 2. The summed E-state index contributed by atoms with van der Waals surface area (Å²) in [6, 6.07) is 7.84. The summed E-state index contributed by atoms with van der Waals surface area (Å²) in [6.45, 7) is 1.79. The molecule has 2 N–H and O–H groups in total. The van der Waals surface area contributed by atoms with Gasteiger partial charge in [0.15, 0.2) is 0 Å². The number of methoxy groups -OCH3 is 2. The molecular formula is C16H27N3O3. The first-order valence-corrected chi connectivity index (χ1v) is 7.39. The maximum atomic E-state index is 11.8. The lowest BCUT2D eigenvalue weighted by Gasteiger charge is -2.25. The highest BCUT2D eigenvalue weighted by Gasteiger charge is 2.15. The lowest BCUT2D eigenvalue weighted by atomic mass is 10.1. The molecular weight excluding hydrogens is 282 g/mol. The van der Waals surface area contributed by atoms with Crippen molar-refractivity contribution in [3.05, 3.63) is 29.8 Å². The number of ether oxygens (including phenoxy) is 2. The van der Waals surface area contributed by atoms with E-state index in [1.165, 1.54) is 0 Å². The van der Waals surface area contributed by atoms with Crippen LogP contribution < -0.4 is 15.4 Å². The van der Waals surface area contributed by atoms with Crippen molar-refractivity contribution in [2.75, 3.05) is 48.0 Å². The molecule has 0 aliphatic rings. The molecule has 0 spiro atoms. The minimum atomic E-state index is -0.156. The van der Waals surface area contributed by atoms with Crippen LogP contribution >= 0.6 is 0 Å². The third kappa shape index (κ3) is 6.32. The van der Waals surface area contributed by atoms with Gasteiger partial charge in [-0.3, -0.25) is 0 Å². The molecule has 0 saturated heterocycles. The van der Waals surface area contributed by atoms with Crippen LogP contribution in [-0.4, -0.2) is 58.9 Å². The Balaban J connectivity index is 2.48. The zero-order valence-electron chi connectivity index (χ0n) is 13.9. The molecule has 0 bridgehead atoms. The van der Waals surface area contributed by atoms with E-state index in [9.17, 15) is 4.79 Å². The summed E-state index contributed by atoms with van der Waals surface area (Å²) >= 11 is 0. The zero-order chi connectivity index (χ0) is 16.4. The highest BCUT2D eigenvalue weighted by atomic mass is 16.5. The van der Waals surface area contributed by atoms with E-state index in [1.807, 2.05) is 38.4 Å². The van der Waals surface area contributed by atoms with Crippen molar-refractivity contribution >= 4 is 6.03 Å². The van der Waals surface area contributed by atoms with Gasteiger partial charge in [-0.15, -0.1) is 0 Å². The SMILES string of the molecule is COCCCNC(=O)NCC(c1ccc(OC)cc1)N(C)C. The van der Waals surface area contributed by atoms with Gasteiger partial charge >= 0.3 is 6.03 Å². The first-order valence-electron chi connectivity index (χ1n) is 7.39. The molecule has 0 aliphatic heterocycles. The van der Waals surface area contributed by atoms with Crippen LogP contribution in [-0.2, 0) is 4.74 Å². The van der Waals surface area contributed by atoms with Gasteiger partial charge in [-0.1, -0.05) is 12.1 Å². The van der Waals surface area contributed by atoms with Crippen LogP contribution in [0.25, 0.3) is 0 Å². The predicted molar refractivity (Wildman–Crippen MR) is 87.3 cm³/mol. The Morgan fingerprint density at radius 2 is 1.86 bits per heavy atom. The minimum Gasteiger partial charge on any atom is -0.497 e. The summed E-state index contributed by atoms with van der Waals surface area (Å²) < 4.78 is 10.1. The number of benzene rings is 1. The standard InChI is InChI=1S/C16H27N3O3/c1-19(2)15(13-6-8-14(22-4)9-7-13)12-18-16(20)17-10-5-11-21-3/h6-9,15H,5,10-12H2,1-4H3,(H2,17,18,20). The second-order valence-corrected chi connectivity index (χ2v) is 5.24. The molecule has 0 aliphatic carbocycles. The van der Waals surface area contributed by atoms with E-state index in [1.54, 1.807) is 14.2 Å². The molecule has 0 radical (unpaired) electrons. The second-order valence-electron chi connectivity index (χ2n) is 5.24. The molecule has 0 aromatic heterocycles. The van der Waals surface area contributed by atoms with E-state index in [0.29, 0.717) is 19.7 Å². The number of rotatable bonds is 9. The van der Waals surface area contributed by atoms with Gasteiger partial charge in [0.1, 0.15) is 5.75 Å². The van der Waals surface area contributed by atoms with Crippen LogP contribution in [0.2, 0.25) is 0 Å². The molecule has 1 rings (SSSR count). The summed E-state index contributed by atoms with van der Waals surface area (Å²) in [7, 11) is 7.28. The molecule has 1 aromatic rings. The van der Waals surface area contributed by atoms with E-state index in [0.717, 1.165) is 17.7 Å². The summed E-state index contributed by atoms with van der Waals surface area (Å²) in [6.07, 6.45) is 0.805. The van der Waals surface area contributed by atoms with Gasteiger partial charge in [-0.25, -0.2) is 4.79 Å². The molecule has 124 valence electrons. The van der Waals surface area contributed by atoms with Crippen molar-refractivity contribution in [2.45, 2.75) is 12.5 Å². The van der Waals surface area contributed by atoms with E-state index in [4.69, 9.17) is 9.47 Å². The fourth-order valence-electron chi connectivity index (χ4n) is 2.09. The van der Waals surface area contributed by atoms with Gasteiger partial charge in [0.05, 0.1) is 13.2 Å². The summed E-state index contributed by atoms with van der Waals surface area (Å²) in [5.74, 6) is 0.824. The van der Waals surface area contributed by atoms with E-state index in [2.05, 4.69) is 15.5 Å². The van der Waals surface area contributed by atoms with Crippen LogP contribution in [0.4, 0.5) is 4.79 Å². The lowest BCUT2D eigenvalue weighted by Crippen LogP contribution is -2.41. The maximum Gasteiger partial charge on any atom is 0.314 e.